The summed E-state index contributed by atoms with van der Waals surface area (Å²) in [7, 11) is 0. The third-order valence-electron chi connectivity index (χ3n) is 3.95. The van der Waals surface area contributed by atoms with E-state index in [4.69, 9.17) is 9.84 Å². The molecule has 2 rings (SSSR count). The molecule has 2 aliphatic rings. The molecule has 17 heavy (non-hydrogen) atoms. The highest BCUT2D eigenvalue weighted by atomic mass is 16.5. The highest BCUT2D eigenvalue weighted by molar-refractivity contribution is 4.91. The van der Waals surface area contributed by atoms with Gasteiger partial charge in [0.15, 0.2) is 0 Å². The number of aliphatic hydroxyl groups is 1. The van der Waals surface area contributed by atoms with Crippen molar-refractivity contribution in [1.29, 1.82) is 0 Å². The summed E-state index contributed by atoms with van der Waals surface area (Å²) in [5.41, 5.74) is 0.272. The minimum atomic E-state index is 0.251. The maximum Gasteiger partial charge on any atom is 0.0558 e. The molecular weight excluding hydrogens is 216 g/mol. The highest BCUT2D eigenvalue weighted by Crippen LogP contribution is 2.30. The summed E-state index contributed by atoms with van der Waals surface area (Å²) in [6, 6.07) is 0.764. The van der Waals surface area contributed by atoms with Crippen LogP contribution >= 0.6 is 0 Å². The predicted octanol–water partition coefficient (Wildman–Crippen LogP) is 0.459. The van der Waals surface area contributed by atoms with Crippen molar-refractivity contribution >= 4 is 0 Å². The van der Waals surface area contributed by atoms with Crippen molar-refractivity contribution in [2.45, 2.75) is 32.2 Å². The van der Waals surface area contributed by atoms with Crippen LogP contribution in [0.25, 0.3) is 0 Å². The van der Waals surface area contributed by atoms with Gasteiger partial charge in [-0.05, 0) is 25.8 Å². The Bertz CT molecular complexity index is 225. The second-order valence-corrected chi connectivity index (χ2v) is 5.55. The van der Waals surface area contributed by atoms with Gasteiger partial charge in [0, 0.05) is 37.7 Å². The van der Waals surface area contributed by atoms with Gasteiger partial charge in [0.1, 0.15) is 0 Å². The number of ether oxygens (including phenoxy) is 1. The first kappa shape index (κ1) is 13.3. The lowest BCUT2D eigenvalue weighted by Crippen LogP contribution is -2.46. The first-order valence-electron chi connectivity index (χ1n) is 6.92. The number of hydrogen-bond acceptors (Lipinski definition) is 4. The molecule has 0 radical (unpaired) electrons. The summed E-state index contributed by atoms with van der Waals surface area (Å²) in [6.07, 6.45) is 3.82. The third-order valence-corrected chi connectivity index (χ3v) is 3.95. The molecule has 4 nitrogen and oxygen atoms in total. The molecule has 0 spiro atoms. The summed E-state index contributed by atoms with van der Waals surface area (Å²) >= 11 is 0. The molecule has 0 aromatic heterocycles. The fraction of sp³-hybridized carbons (Fsp3) is 1.00. The van der Waals surface area contributed by atoms with E-state index in [1.165, 1.54) is 12.8 Å². The topological polar surface area (TPSA) is 44.7 Å². The van der Waals surface area contributed by atoms with Gasteiger partial charge in [-0.25, -0.2) is 0 Å². The summed E-state index contributed by atoms with van der Waals surface area (Å²) in [4.78, 5) is 2.34. The van der Waals surface area contributed by atoms with Gasteiger partial charge in [-0.2, -0.15) is 0 Å². The van der Waals surface area contributed by atoms with E-state index < -0.39 is 0 Å². The molecule has 2 fully saturated rings. The Morgan fingerprint density at radius 2 is 2.29 bits per heavy atom. The average molecular weight is 242 g/mol. The Kier molecular flexibility index (Phi) is 4.79. The molecule has 1 saturated carbocycles. The number of hydrogen-bond donors (Lipinski definition) is 2. The van der Waals surface area contributed by atoms with E-state index >= 15 is 0 Å². The standard InChI is InChI=1S/C13H26N2O2/c1-2-15(6-7-16)10-13(5-8-17-11-13)9-14-12-3-4-12/h12,14,16H,2-11H2,1H3. The lowest BCUT2D eigenvalue weighted by Gasteiger charge is -2.33. The fourth-order valence-electron chi connectivity index (χ4n) is 2.58. The van der Waals surface area contributed by atoms with Gasteiger partial charge in [0.05, 0.1) is 13.2 Å². The molecule has 2 N–H and O–H groups in total. The fourth-order valence-corrected chi connectivity index (χ4v) is 2.58. The van der Waals surface area contributed by atoms with Gasteiger partial charge in [-0.3, -0.25) is 0 Å². The number of likely N-dealkylation sites (N-methyl/N-ethyl adjacent to an activating group) is 1. The molecule has 100 valence electrons. The van der Waals surface area contributed by atoms with E-state index in [2.05, 4.69) is 17.1 Å². The first-order valence-corrected chi connectivity index (χ1v) is 6.92. The van der Waals surface area contributed by atoms with E-state index in [1.54, 1.807) is 0 Å². The zero-order valence-corrected chi connectivity index (χ0v) is 11.0. The molecule has 0 amide bonds. The molecule has 0 aromatic rings. The van der Waals surface area contributed by atoms with Crippen LogP contribution in [0.15, 0.2) is 0 Å². The minimum absolute atomic E-state index is 0.251. The van der Waals surface area contributed by atoms with Gasteiger partial charge < -0.3 is 20.1 Å². The van der Waals surface area contributed by atoms with Crippen LogP contribution in [0, 0.1) is 5.41 Å². The quantitative estimate of drug-likeness (QED) is 0.649. The minimum Gasteiger partial charge on any atom is -0.395 e. The average Bonchev–Trinajstić information content (AvgIpc) is 3.07. The Labute approximate surface area is 104 Å². The van der Waals surface area contributed by atoms with Crippen LogP contribution < -0.4 is 5.32 Å². The van der Waals surface area contributed by atoms with Crippen molar-refractivity contribution < 1.29 is 9.84 Å². The summed E-state index contributed by atoms with van der Waals surface area (Å²) in [6.45, 7) is 8.07. The van der Waals surface area contributed by atoms with Gasteiger partial charge in [0.25, 0.3) is 0 Å². The van der Waals surface area contributed by atoms with E-state index in [9.17, 15) is 0 Å². The van der Waals surface area contributed by atoms with Crippen LogP contribution in [-0.2, 0) is 4.74 Å². The molecular formula is C13H26N2O2. The second-order valence-electron chi connectivity index (χ2n) is 5.55. The summed E-state index contributed by atoms with van der Waals surface area (Å²) in [5, 5.41) is 12.7. The zero-order valence-electron chi connectivity index (χ0n) is 11.0. The van der Waals surface area contributed by atoms with Gasteiger partial charge in [-0.15, -0.1) is 0 Å². The zero-order chi connectivity index (χ0) is 12.1. The maximum absolute atomic E-state index is 9.07. The van der Waals surface area contributed by atoms with Crippen LogP contribution in [0.2, 0.25) is 0 Å². The Morgan fingerprint density at radius 3 is 2.82 bits per heavy atom. The van der Waals surface area contributed by atoms with E-state index in [0.717, 1.165) is 51.9 Å². The number of nitrogens with one attached hydrogen (secondary N) is 1. The SMILES string of the molecule is CCN(CCO)CC1(CNC2CC2)CCOC1. The molecule has 1 atom stereocenters. The number of nitrogens with zero attached hydrogens (tertiary/aromatic N) is 1. The summed E-state index contributed by atoms with van der Waals surface area (Å²) < 4.78 is 5.61. The van der Waals surface area contributed by atoms with Crippen molar-refractivity contribution in [2.75, 3.05) is 46.0 Å². The Balaban J connectivity index is 1.84. The molecule has 1 unspecified atom stereocenters. The van der Waals surface area contributed by atoms with Crippen LogP contribution in [0.4, 0.5) is 0 Å². The highest BCUT2D eigenvalue weighted by Gasteiger charge is 2.37. The first-order chi connectivity index (χ1) is 8.28. The largest absolute Gasteiger partial charge is 0.395 e. The van der Waals surface area contributed by atoms with Crippen LogP contribution in [-0.4, -0.2) is 62.0 Å². The molecule has 1 aliphatic carbocycles. The lowest BCUT2D eigenvalue weighted by atomic mass is 9.86. The number of rotatable bonds is 8. The van der Waals surface area contributed by atoms with E-state index in [-0.39, 0.29) is 12.0 Å². The monoisotopic (exact) mass is 242 g/mol. The van der Waals surface area contributed by atoms with Crippen molar-refractivity contribution in [3.05, 3.63) is 0 Å². The third kappa shape index (κ3) is 3.91. The van der Waals surface area contributed by atoms with Crippen molar-refractivity contribution in [2.24, 2.45) is 5.41 Å². The molecule has 1 saturated heterocycles. The van der Waals surface area contributed by atoms with Crippen LogP contribution in [0.5, 0.6) is 0 Å². The van der Waals surface area contributed by atoms with Crippen LogP contribution in [0.3, 0.4) is 0 Å². The van der Waals surface area contributed by atoms with E-state index in [0.29, 0.717) is 0 Å². The number of aliphatic hydroxyl groups excluding tert-OH is 1. The molecule has 0 aromatic carbocycles. The Hall–Kier alpha value is -0.160. The lowest BCUT2D eigenvalue weighted by molar-refractivity contribution is 0.0993. The molecule has 0 bridgehead atoms. The molecule has 1 aliphatic heterocycles. The smallest absolute Gasteiger partial charge is 0.0558 e. The normalized spacial score (nSPS) is 29.1. The van der Waals surface area contributed by atoms with Crippen molar-refractivity contribution in [1.82, 2.24) is 10.2 Å². The van der Waals surface area contributed by atoms with Gasteiger partial charge in [0.2, 0.25) is 0 Å². The van der Waals surface area contributed by atoms with Crippen LogP contribution in [0.1, 0.15) is 26.2 Å². The van der Waals surface area contributed by atoms with E-state index in [1.807, 2.05) is 0 Å². The van der Waals surface area contributed by atoms with Gasteiger partial charge >= 0.3 is 0 Å². The maximum atomic E-state index is 9.07. The van der Waals surface area contributed by atoms with Crippen molar-refractivity contribution in [3.8, 4) is 0 Å². The van der Waals surface area contributed by atoms with Gasteiger partial charge in [-0.1, -0.05) is 6.92 Å². The van der Waals surface area contributed by atoms with Crippen molar-refractivity contribution in [3.63, 3.8) is 0 Å². The molecule has 1 heterocycles. The predicted molar refractivity (Wildman–Crippen MR) is 68.1 cm³/mol. The second kappa shape index (κ2) is 6.14. The summed E-state index contributed by atoms with van der Waals surface area (Å²) in [5.74, 6) is 0. The molecule has 4 heteroatoms. The Morgan fingerprint density at radius 1 is 1.47 bits per heavy atom.